The van der Waals surface area contributed by atoms with Gasteiger partial charge in [-0.05, 0) is 48.2 Å². The molecule has 170 valence electrons. The molecule has 11 nitrogen and oxygen atoms in total. The van der Waals surface area contributed by atoms with Gasteiger partial charge in [0.25, 0.3) is 5.91 Å². The number of aryl methyl sites for hydroxylation is 2. The number of rotatable bonds is 9. The smallest absolute Gasteiger partial charge is 0.548 e. The van der Waals surface area contributed by atoms with Gasteiger partial charge in [0, 0.05) is 17.4 Å². The minimum absolute atomic E-state index is 0. The molecule has 0 radical (unpaired) electrons. The number of nitrogens with one attached hydrogen (secondary N) is 1. The number of aromatic nitrogens is 2. The zero-order chi connectivity index (χ0) is 24.1. The molecule has 0 bridgehead atoms. The number of carboxylic acids is 2. The first kappa shape index (κ1) is 30.5. The van der Waals surface area contributed by atoms with E-state index in [9.17, 15) is 29.4 Å². The third-order valence-electron chi connectivity index (χ3n) is 4.93. The Morgan fingerprint density at radius 1 is 0.886 bits per heavy atom. The van der Waals surface area contributed by atoms with E-state index in [4.69, 9.17) is 11.5 Å². The van der Waals surface area contributed by atoms with Gasteiger partial charge in [0.1, 0.15) is 11.8 Å². The van der Waals surface area contributed by atoms with Crippen LogP contribution in [0.1, 0.15) is 27.9 Å². The first-order chi connectivity index (χ1) is 15.6. The molecule has 13 heteroatoms. The quantitative estimate of drug-likeness (QED) is 0.189. The molecule has 0 saturated carbocycles. The van der Waals surface area contributed by atoms with Crippen LogP contribution in [0.4, 0.5) is 11.8 Å². The fourth-order valence-corrected chi connectivity index (χ4v) is 3.19. The van der Waals surface area contributed by atoms with Crippen LogP contribution in [0.15, 0.2) is 42.5 Å². The molecule has 1 heterocycles. The minimum atomic E-state index is -2.04. The Kier molecular flexibility index (Phi) is 11.8. The van der Waals surface area contributed by atoms with Gasteiger partial charge in [-0.2, -0.15) is 4.98 Å². The molecule has 0 aliphatic rings. The number of Topliss-reactive ketones (excluding diaryl/α,β-unsaturated/α-hetero) is 1. The number of carbonyl (C=O) groups is 4. The number of nitrogens with zero attached hydrogens (tertiary/aromatic N) is 2. The first-order valence-electron chi connectivity index (χ1n) is 9.80. The second kappa shape index (κ2) is 13.5. The Hall–Kier alpha value is -2.54. The van der Waals surface area contributed by atoms with Crippen molar-refractivity contribution in [2.45, 2.75) is 25.3 Å². The monoisotopic (exact) mass is 495 g/mol. The largest absolute Gasteiger partial charge is 1.00 e. The third-order valence-corrected chi connectivity index (χ3v) is 4.93. The van der Waals surface area contributed by atoms with E-state index in [1.807, 2.05) is 18.2 Å². The van der Waals surface area contributed by atoms with Crippen molar-refractivity contribution in [1.29, 1.82) is 0 Å². The van der Waals surface area contributed by atoms with Crippen LogP contribution >= 0.6 is 0 Å². The fourth-order valence-electron chi connectivity index (χ4n) is 3.19. The molecular weight excluding hydrogens is 476 g/mol. The van der Waals surface area contributed by atoms with Gasteiger partial charge in [-0.3, -0.25) is 9.59 Å². The van der Waals surface area contributed by atoms with E-state index in [1.165, 1.54) is 12.1 Å². The van der Waals surface area contributed by atoms with Crippen molar-refractivity contribution in [3.8, 4) is 0 Å². The van der Waals surface area contributed by atoms with E-state index in [0.717, 1.165) is 11.1 Å². The number of aliphatic carboxylic acids is 2. The number of ketones is 1. The molecule has 0 aliphatic carbocycles. The van der Waals surface area contributed by atoms with Gasteiger partial charge in [-0.25, -0.2) is 4.98 Å². The summed E-state index contributed by atoms with van der Waals surface area (Å²) in [6, 6.07) is 10.2. The SMILES string of the molecule is Nc1nc(N)c2cc(CCc3ccc(C(=O)NC(CC(=O)C(=O)[O-])C(=O)[O-])cc3)ccc2n1.[Na+].[Na+]. The van der Waals surface area contributed by atoms with Gasteiger partial charge in [0.05, 0.1) is 17.5 Å². The molecule has 5 N–H and O–H groups in total. The number of anilines is 2. The van der Waals surface area contributed by atoms with Gasteiger partial charge in [0.2, 0.25) is 5.95 Å². The Morgan fingerprint density at radius 2 is 1.49 bits per heavy atom. The number of nitrogens with two attached hydrogens (primary N) is 2. The van der Waals surface area contributed by atoms with Crippen molar-refractivity contribution >= 4 is 46.3 Å². The van der Waals surface area contributed by atoms with Crippen molar-refractivity contribution in [3.05, 3.63) is 59.2 Å². The number of carbonyl (C=O) groups excluding carboxylic acids is 4. The molecule has 0 fully saturated rings. The summed E-state index contributed by atoms with van der Waals surface area (Å²) < 4.78 is 0. The molecule has 35 heavy (non-hydrogen) atoms. The maximum Gasteiger partial charge on any atom is 1.00 e. The van der Waals surface area contributed by atoms with Gasteiger partial charge in [0.15, 0.2) is 5.78 Å². The zero-order valence-corrected chi connectivity index (χ0v) is 23.2. The van der Waals surface area contributed by atoms with E-state index in [2.05, 4.69) is 15.3 Å². The van der Waals surface area contributed by atoms with Crippen molar-refractivity contribution in [1.82, 2.24) is 15.3 Å². The van der Waals surface area contributed by atoms with Gasteiger partial charge >= 0.3 is 59.1 Å². The predicted octanol–water partition coefficient (Wildman–Crippen LogP) is -7.86. The number of benzene rings is 2. The number of hydrogen-bond donors (Lipinski definition) is 3. The second-order valence-electron chi connectivity index (χ2n) is 7.28. The maximum atomic E-state index is 12.3. The number of nitrogen functional groups attached to an aromatic ring is 2. The van der Waals surface area contributed by atoms with Crippen LogP contribution in [0, 0.1) is 0 Å². The summed E-state index contributed by atoms with van der Waals surface area (Å²) in [6.07, 6.45) is 0.344. The van der Waals surface area contributed by atoms with E-state index in [-0.39, 0.29) is 70.6 Å². The minimum Gasteiger partial charge on any atom is -0.548 e. The summed E-state index contributed by atoms with van der Waals surface area (Å²) in [5.41, 5.74) is 14.2. The van der Waals surface area contributed by atoms with E-state index < -0.39 is 36.1 Å². The van der Waals surface area contributed by atoms with Crippen LogP contribution in [0.5, 0.6) is 0 Å². The number of fused-ring (bicyclic) bond motifs is 1. The van der Waals surface area contributed by atoms with Crippen LogP contribution in [0.25, 0.3) is 10.9 Å². The van der Waals surface area contributed by atoms with Crippen LogP contribution < -0.4 is 86.1 Å². The Morgan fingerprint density at radius 3 is 2.09 bits per heavy atom. The van der Waals surface area contributed by atoms with Crippen LogP contribution in [-0.4, -0.2) is 39.6 Å². The van der Waals surface area contributed by atoms with Gasteiger partial charge in [-0.15, -0.1) is 0 Å². The summed E-state index contributed by atoms with van der Waals surface area (Å²) in [4.78, 5) is 53.2. The predicted molar refractivity (Wildman–Crippen MR) is 113 cm³/mol. The number of carboxylic acid groups (broad SMARTS) is 2. The maximum absolute atomic E-state index is 12.3. The number of hydrogen-bond acceptors (Lipinski definition) is 10. The molecule has 0 saturated heterocycles. The molecule has 1 amide bonds. The van der Waals surface area contributed by atoms with Crippen LogP contribution in [0.2, 0.25) is 0 Å². The van der Waals surface area contributed by atoms with Crippen molar-refractivity contribution in [3.63, 3.8) is 0 Å². The molecule has 0 aliphatic heterocycles. The topological polar surface area (TPSA) is 204 Å². The standard InChI is InChI=1S/C22H21N5O6.2Na/c23-18-14-9-12(5-8-15(14)26-22(24)27-18)2-1-11-3-6-13(7-4-11)19(29)25-16(20(30)31)10-17(28)21(32)33;;/h3-9,16H,1-2,10H2,(H,25,29)(H,30,31)(H,32,33)(H4,23,24,26,27);;/q;2*+1/p-2. The normalized spacial score (nSPS) is 11.0. The van der Waals surface area contributed by atoms with E-state index >= 15 is 0 Å². The van der Waals surface area contributed by atoms with Crippen molar-refractivity contribution < 1.29 is 88.5 Å². The van der Waals surface area contributed by atoms with E-state index in [1.54, 1.807) is 12.1 Å². The van der Waals surface area contributed by atoms with Crippen molar-refractivity contribution in [2.24, 2.45) is 0 Å². The van der Waals surface area contributed by atoms with Crippen LogP contribution in [0.3, 0.4) is 0 Å². The molecule has 3 rings (SSSR count). The molecule has 0 spiro atoms. The first-order valence-corrected chi connectivity index (χ1v) is 9.80. The van der Waals surface area contributed by atoms with Crippen molar-refractivity contribution in [2.75, 3.05) is 11.5 Å². The fraction of sp³-hybridized carbons (Fsp3) is 0.182. The molecule has 1 aromatic heterocycles. The van der Waals surface area contributed by atoms with Gasteiger partial charge < -0.3 is 36.6 Å². The number of amides is 1. The summed E-state index contributed by atoms with van der Waals surface area (Å²) in [6.45, 7) is 0. The van der Waals surface area contributed by atoms with E-state index in [0.29, 0.717) is 29.6 Å². The molecule has 1 atom stereocenters. The summed E-state index contributed by atoms with van der Waals surface area (Å²) in [7, 11) is 0. The summed E-state index contributed by atoms with van der Waals surface area (Å²) in [5.74, 6) is -5.65. The second-order valence-corrected chi connectivity index (χ2v) is 7.28. The van der Waals surface area contributed by atoms with Gasteiger partial charge in [-0.1, -0.05) is 18.2 Å². The Balaban J connectivity index is 0.00000306. The molecule has 3 aromatic rings. The Bertz CT molecular complexity index is 1250. The Labute approximate surface area is 244 Å². The molecule has 1 unspecified atom stereocenters. The van der Waals surface area contributed by atoms with Crippen LogP contribution in [-0.2, 0) is 27.2 Å². The average molecular weight is 495 g/mol. The summed E-state index contributed by atoms with van der Waals surface area (Å²) in [5, 5.41) is 24.4. The average Bonchev–Trinajstić information content (AvgIpc) is 2.77. The summed E-state index contributed by atoms with van der Waals surface area (Å²) >= 11 is 0. The molecular formula is C22H19N5Na2O6. The molecule has 2 aromatic carbocycles. The zero-order valence-electron chi connectivity index (χ0n) is 19.2. The third kappa shape index (κ3) is 8.27.